The van der Waals surface area contributed by atoms with Crippen molar-refractivity contribution in [3.63, 3.8) is 0 Å². The maximum atomic E-state index is 13.2. The van der Waals surface area contributed by atoms with Gasteiger partial charge in [0.2, 0.25) is 0 Å². The van der Waals surface area contributed by atoms with Crippen molar-refractivity contribution in [1.82, 2.24) is 5.48 Å². The first-order valence-corrected chi connectivity index (χ1v) is 3.99. The van der Waals surface area contributed by atoms with E-state index in [2.05, 4.69) is 0 Å². The molecule has 0 saturated heterocycles. The van der Waals surface area contributed by atoms with Crippen LogP contribution in [0.3, 0.4) is 0 Å². The van der Waals surface area contributed by atoms with Gasteiger partial charge >= 0.3 is 5.92 Å². The first-order valence-electron chi connectivity index (χ1n) is 3.61. The highest BCUT2D eigenvalue weighted by Gasteiger charge is 2.37. The summed E-state index contributed by atoms with van der Waals surface area (Å²) in [4.78, 5) is 0. The zero-order valence-corrected chi connectivity index (χ0v) is 7.65. The zero-order valence-electron chi connectivity index (χ0n) is 6.89. The van der Waals surface area contributed by atoms with Crippen LogP contribution in [0.5, 0.6) is 0 Å². The minimum atomic E-state index is -3.54. The molecule has 0 aliphatic carbocycles. The molecule has 0 aliphatic rings. The van der Waals surface area contributed by atoms with E-state index in [1.165, 1.54) is 12.1 Å². The van der Waals surface area contributed by atoms with Crippen LogP contribution in [0.25, 0.3) is 0 Å². The summed E-state index contributed by atoms with van der Waals surface area (Å²) in [5, 5.41) is 15.3. The molecule has 3 N–H and O–H groups in total. The van der Waals surface area contributed by atoms with Gasteiger partial charge in [0.1, 0.15) is 0 Å². The maximum Gasteiger partial charge on any atom is 0.331 e. The van der Waals surface area contributed by atoms with Gasteiger partial charge in [0.05, 0.1) is 0 Å². The molecule has 3 nitrogen and oxygen atoms in total. The molecule has 0 atom stereocenters. The van der Waals surface area contributed by atoms with Crippen LogP contribution in [0.4, 0.5) is 8.78 Å². The fourth-order valence-corrected chi connectivity index (χ4v) is 1.000. The number of hydroxylamine groups is 1. The summed E-state index contributed by atoms with van der Waals surface area (Å²) in [5.74, 6) is -4.82. The molecule has 6 heteroatoms. The van der Waals surface area contributed by atoms with Gasteiger partial charge in [-0.1, -0.05) is 23.7 Å². The van der Waals surface area contributed by atoms with Crippen LogP contribution in [0.2, 0.25) is 5.02 Å². The van der Waals surface area contributed by atoms with Gasteiger partial charge < -0.3 is 0 Å². The second-order valence-corrected chi connectivity index (χ2v) is 3.00. The first kappa shape index (κ1) is 10.9. The Morgan fingerprint density at radius 2 is 1.86 bits per heavy atom. The summed E-state index contributed by atoms with van der Waals surface area (Å²) >= 11 is 5.51. The lowest BCUT2D eigenvalue weighted by Gasteiger charge is -2.16. The van der Waals surface area contributed by atoms with Gasteiger partial charge in [0.15, 0.2) is 5.84 Å². The SMILES string of the molecule is N=C(NO)C(F)(F)c1ccc(Cl)cc1. The van der Waals surface area contributed by atoms with Gasteiger partial charge in [-0.15, -0.1) is 0 Å². The van der Waals surface area contributed by atoms with Crippen molar-refractivity contribution in [2.45, 2.75) is 5.92 Å². The highest BCUT2D eigenvalue weighted by atomic mass is 35.5. The molecule has 0 saturated carbocycles. The second kappa shape index (κ2) is 3.89. The fourth-order valence-electron chi connectivity index (χ4n) is 0.874. The van der Waals surface area contributed by atoms with Gasteiger partial charge in [0.25, 0.3) is 0 Å². The highest BCUT2D eigenvalue weighted by molar-refractivity contribution is 6.30. The Morgan fingerprint density at radius 3 is 2.29 bits per heavy atom. The molecular formula is C8H7ClF2N2O. The minimum Gasteiger partial charge on any atom is -0.290 e. The Kier molecular flexibility index (Phi) is 3.03. The third-order valence-corrected chi connectivity index (χ3v) is 1.88. The lowest BCUT2D eigenvalue weighted by atomic mass is 10.1. The lowest BCUT2D eigenvalue weighted by molar-refractivity contribution is 0.0561. The molecule has 0 heterocycles. The maximum absolute atomic E-state index is 13.2. The van der Waals surface area contributed by atoms with E-state index in [0.717, 1.165) is 17.6 Å². The predicted molar refractivity (Wildman–Crippen MR) is 48.0 cm³/mol. The topological polar surface area (TPSA) is 56.1 Å². The zero-order chi connectivity index (χ0) is 10.8. The molecule has 1 aromatic carbocycles. The Hall–Kier alpha value is -1.20. The van der Waals surface area contributed by atoms with E-state index in [9.17, 15) is 8.78 Å². The van der Waals surface area contributed by atoms with Crippen LogP contribution in [0, 0.1) is 5.41 Å². The molecule has 0 unspecified atom stereocenters. The number of alkyl halides is 2. The van der Waals surface area contributed by atoms with Gasteiger partial charge in [-0.25, -0.2) is 0 Å². The van der Waals surface area contributed by atoms with Gasteiger partial charge in [0, 0.05) is 10.6 Å². The summed E-state index contributed by atoms with van der Waals surface area (Å²) in [7, 11) is 0. The monoisotopic (exact) mass is 220 g/mol. The average Bonchev–Trinajstić information content (AvgIpc) is 2.17. The van der Waals surface area contributed by atoms with Crippen LogP contribution >= 0.6 is 11.6 Å². The van der Waals surface area contributed by atoms with Crippen LogP contribution < -0.4 is 5.48 Å². The number of benzene rings is 1. The van der Waals surface area contributed by atoms with Crippen molar-refractivity contribution in [2.75, 3.05) is 0 Å². The van der Waals surface area contributed by atoms with Crippen molar-refractivity contribution in [3.05, 3.63) is 34.9 Å². The van der Waals surface area contributed by atoms with Gasteiger partial charge in [-0.3, -0.25) is 16.1 Å². The number of rotatable bonds is 2. The lowest BCUT2D eigenvalue weighted by Crippen LogP contribution is -2.35. The standard InChI is InChI=1S/C8H7ClF2N2O/c9-6-3-1-5(2-4-6)8(10,11)7(12)13-14/h1-4,14H,(H2,12,13). The highest BCUT2D eigenvalue weighted by Crippen LogP contribution is 2.28. The second-order valence-electron chi connectivity index (χ2n) is 2.57. The molecule has 0 aromatic heterocycles. The molecule has 0 amide bonds. The summed E-state index contributed by atoms with van der Waals surface area (Å²) in [6.07, 6.45) is 0. The van der Waals surface area contributed by atoms with Gasteiger partial charge in [-0.05, 0) is 12.1 Å². The Labute approximate surface area is 83.8 Å². The third-order valence-electron chi connectivity index (χ3n) is 1.63. The van der Waals surface area contributed by atoms with Crippen molar-refractivity contribution >= 4 is 17.4 Å². The van der Waals surface area contributed by atoms with E-state index in [4.69, 9.17) is 22.2 Å². The van der Waals surface area contributed by atoms with E-state index in [1.807, 2.05) is 0 Å². The molecule has 0 bridgehead atoms. The molecule has 0 fully saturated rings. The predicted octanol–water partition coefficient (Wildman–Crippen LogP) is 2.39. The smallest absolute Gasteiger partial charge is 0.290 e. The summed E-state index contributed by atoms with van der Waals surface area (Å²) in [6.45, 7) is 0. The number of hydrogen-bond acceptors (Lipinski definition) is 2. The number of amidine groups is 1. The largest absolute Gasteiger partial charge is 0.331 e. The Bertz CT molecular complexity index is 340. The van der Waals surface area contributed by atoms with E-state index in [1.54, 1.807) is 0 Å². The quantitative estimate of drug-likeness (QED) is 0.407. The molecule has 1 aromatic rings. The summed E-state index contributed by atoms with van der Waals surface area (Å²) < 4.78 is 26.4. The van der Waals surface area contributed by atoms with Crippen LogP contribution in [-0.4, -0.2) is 11.0 Å². The van der Waals surface area contributed by atoms with Crippen molar-refractivity contribution in [2.24, 2.45) is 0 Å². The Morgan fingerprint density at radius 1 is 1.36 bits per heavy atom. The van der Waals surface area contributed by atoms with E-state index >= 15 is 0 Å². The van der Waals surface area contributed by atoms with E-state index < -0.39 is 17.3 Å². The minimum absolute atomic E-state index is 0.327. The van der Waals surface area contributed by atoms with E-state index in [0.29, 0.717) is 5.02 Å². The first-order chi connectivity index (χ1) is 6.48. The van der Waals surface area contributed by atoms with Crippen molar-refractivity contribution in [3.8, 4) is 0 Å². The van der Waals surface area contributed by atoms with Crippen LogP contribution in [0.1, 0.15) is 5.56 Å². The molecular weight excluding hydrogens is 214 g/mol. The number of halogens is 3. The summed E-state index contributed by atoms with van der Waals surface area (Å²) in [6, 6.07) is 4.76. The third kappa shape index (κ3) is 2.00. The number of nitrogens with one attached hydrogen (secondary N) is 2. The van der Waals surface area contributed by atoms with Crippen molar-refractivity contribution < 1.29 is 14.0 Å². The van der Waals surface area contributed by atoms with E-state index in [-0.39, 0.29) is 0 Å². The van der Waals surface area contributed by atoms with Crippen molar-refractivity contribution in [1.29, 1.82) is 5.41 Å². The normalized spacial score (nSPS) is 11.1. The molecule has 14 heavy (non-hydrogen) atoms. The molecule has 1 rings (SSSR count). The summed E-state index contributed by atoms with van der Waals surface area (Å²) in [5.41, 5.74) is 0.710. The van der Waals surface area contributed by atoms with Gasteiger partial charge in [-0.2, -0.15) is 8.78 Å². The fraction of sp³-hybridized carbons (Fsp3) is 0.125. The average molecular weight is 221 g/mol. The molecule has 0 spiro atoms. The van der Waals surface area contributed by atoms with Crippen LogP contribution in [0.15, 0.2) is 24.3 Å². The van der Waals surface area contributed by atoms with Crippen LogP contribution in [-0.2, 0) is 5.92 Å². The number of hydrogen-bond donors (Lipinski definition) is 3. The molecule has 76 valence electrons. The Balaban J connectivity index is 3.03. The molecule has 0 aliphatic heterocycles. The molecule has 0 radical (unpaired) electrons.